The summed E-state index contributed by atoms with van der Waals surface area (Å²) in [4.78, 5) is 4.42. The first-order valence-corrected chi connectivity index (χ1v) is 9.26. The number of benzene rings is 1. The van der Waals surface area contributed by atoms with Crippen LogP contribution in [0.15, 0.2) is 76.9 Å². The van der Waals surface area contributed by atoms with E-state index in [4.69, 9.17) is 9.68 Å². The highest BCUT2D eigenvalue weighted by atomic mass is 16.3. The van der Waals surface area contributed by atoms with E-state index in [0.29, 0.717) is 17.4 Å². The molecule has 1 unspecified atom stereocenters. The van der Waals surface area contributed by atoms with Crippen LogP contribution in [0.5, 0.6) is 0 Å². The topological polar surface area (TPSA) is 61.9 Å². The Hall–Kier alpha value is -3.32. The number of nitrogens with one attached hydrogen (secondary N) is 1. The Morgan fingerprint density at radius 1 is 1.18 bits per heavy atom. The lowest BCUT2D eigenvalue weighted by atomic mass is 10.0. The van der Waals surface area contributed by atoms with Gasteiger partial charge in [0, 0.05) is 18.9 Å². The second-order valence-corrected chi connectivity index (χ2v) is 6.81. The maximum absolute atomic E-state index is 8.95. The summed E-state index contributed by atoms with van der Waals surface area (Å²) < 4.78 is 5.39. The molecule has 0 radical (unpaired) electrons. The van der Waals surface area contributed by atoms with Crippen LogP contribution in [0.4, 0.5) is 5.82 Å². The zero-order valence-corrected chi connectivity index (χ0v) is 15.1. The molecule has 0 saturated heterocycles. The van der Waals surface area contributed by atoms with Gasteiger partial charge in [0.25, 0.3) is 0 Å². The molecule has 0 saturated carbocycles. The van der Waals surface area contributed by atoms with Crippen LogP contribution in [0.1, 0.15) is 39.4 Å². The number of rotatable bonds is 5. The van der Waals surface area contributed by atoms with E-state index in [9.17, 15) is 0 Å². The number of nitrogens with zero attached hydrogens (tertiary/aromatic N) is 2. The van der Waals surface area contributed by atoms with Crippen molar-refractivity contribution in [3.05, 3.63) is 83.8 Å². The molecule has 0 amide bonds. The molecule has 3 aromatic rings. The van der Waals surface area contributed by atoms with Crippen LogP contribution in [0, 0.1) is 11.3 Å². The number of aromatic nitrogens is 1. The van der Waals surface area contributed by atoms with Gasteiger partial charge >= 0.3 is 0 Å². The molecule has 1 aromatic carbocycles. The molecule has 28 heavy (non-hydrogen) atoms. The lowest BCUT2D eigenvalue weighted by Crippen LogP contribution is -2.18. The van der Waals surface area contributed by atoms with Crippen molar-refractivity contribution in [3.63, 3.8) is 0 Å². The Morgan fingerprint density at radius 2 is 2.04 bits per heavy atom. The fourth-order valence-corrected chi connectivity index (χ4v) is 3.37. The first-order chi connectivity index (χ1) is 13.3. The smallest absolute Gasteiger partial charge is 0.204 e. The average molecular weight is 374 g/mol. The maximum Gasteiger partial charge on any atom is 0.204 e. The fraction of sp³-hybridized carbons (Fsp3) is 0.250. The van der Waals surface area contributed by atoms with Gasteiger partial charge < -0.3 is 9.73 Å². The molecule has 0 bridgehead atoms. The largest absolute Gasteiger partial charge is 0.444 e. The van der Waals surface area contributed by atoms with Gasteiger partial charge in [0.2, 0.25) is 5.76 Å². The van der Waals surface area contributed by atoms with E-state index in [2.05, 4.69) is 58.9 Å². The number of nitriles is 1. The predicted octanol–water partition coefficient (Wildman–Crippen LogP) is 6.27. The summed E-state index contributed by atoms with van der Waals surface area (Å²) in [6.07, 6.45) is 12.5. The molecule has 2 heterocycles. The van der Waals surface area contributed by atoms with Gasteiger partial charge in [0.1, 0.15) is 11.9 Å². The Morgan fingerprint density at radius 3 is 2.86 bits per heavy atom. The minimum absolute atomic E-state index is 0. The van der Waals surface area contributed by atoms with Crippen molar-refractivity contribution in [2.24, 2.45) is 0 Å². The number of fused-ring (bicyclic) bond motifs is 1. The molecule has 0 fully saturated rings. The molecule has 144 valence electrons. The van der Waals surface area contributed by atoms with Gasteiger partial charge in [-0.1, -0.05) is 61.6 Å². The second kappa shape index (κ2) is 9.05. The summed E-state index contributed by atoms with van der Waals surface area (Å²) in [5, 5.41) is 13.3. The SMILES string of the molecule is C.N#Cc1cc2cc(NC3CC=CC(CCc4ccccc4)=CC3)ncc2o1.[HH]. The normalized spacial score (nSPS) is 16.0. The minimum Gasteiger partial charge on any atom is -0.444 e. The van der Waals surface area contributed by atoms with Crippen LogP contribution >= 0.6 is 0 Å². The van der Waals surface area contributed by atoms with Crippen molar-refractivity contribution < 1.29 is 5.84 Å². The Labute approximate surface area is 167 Å². The summed E-state index contributed by atoms with van der Waals surface area (Å²) in [7, 11) is 0. The van der Waals surface area contributed by atoms with Crippen LogP contribution < -0.4 is 5.32 Å². The number of hydrogen-bond acceptors (Lipinski definition) is 4. The fourth-order valence-electron chi connectivity index (χ4n) is 3.37. The second-order valence-electron chi connectivity index (χ2n) is 6.81. The van der Waals surface area contributed by atoms with Crippen molar-refractivity contribution in [2.45, 2.75) is 39.2 Å². The van der Waals surface area contributed by atoms with Crippen LogP contribution in [-0.2, 0) is 6.42 Å². The average Bonchev–Trinajstić information content (AvgIpc) is 2.99. The first kappa shape index (κ1) is 19.4. The zero-order valence-electron chi connectivity index (χ0n) is 15.1. The minimum atomic E-state index is 0. The number of allylic oxidation sites excluding steroid dienone is 2. The quantitative estimate of drug-likeness (QED) is 0.572. The molecular weight excluding hydrogens is 346 g/mol. The zero-order chi connectivity index (χ0) is 18.5. The number of aryl methyl sites for hydroxylation is 1. The number of pyridine rings is 1. The molecule has 1 N–H and O–H groups in total. The van der Waals surface area contributed by atoms with E-state index >= 15 is 0 Å². The number of hydrogen-bond donors (Lipinski definition) is 1. The first-order valence-electron chi connectivity index (χ1n) is 9.26. The third-order valence-corrected chi connectivity index (χ3v) is 4.83. The monoisotopic (exact) mass is 373 g/mol. The van der Waals surface area contributed by atoms with Crippen molar-refractivity contribution in [1.29, 1.82) is 5.26 Å². The van der Waals surface area contributed by atoms with Crippen molar-refractivity contribution in [1.82, 2.24) is 4.98 Å². The van der Waals surface area contributed by atoms with Gasteiger partial charge in [-0.15, -0.1) is 0 Å². The molecule has 1 atom stereocenters. The van der Waals surface area contributed by atoms with Crippen LogP contribution in [0.3, 0.4) is 0 Å². The molecule has 1 aliphatic rings. The molecule has 0 spiro atoms. The lowest BCUT2D eigenvalue weighted by Gasteiger charge is -2.15. The number of furan rings is 1. The molecular formula is C24H27N3O. The molecule has 4 heteroatoms. The standard InChI is InChI=1S/C23H21N3O.CH4.H2/c24-15-21-13-19-14-23(25-16-22(19)27-21)26-20-8-4-7-18(11-12-20)10-9-17-5-2-1-3-6-17;;/h1-7,11,13-14,16,20H,8-10,12H2,(H,25,26);1H4;1H. The third kappa shape index (κ3) is 4.69. The van der Waals surface area contributed by atoms with Gasteiger partial charge in [-0.05, 0) is 37.3 Å². The van der Waals surface area contributed by atoms with Crippen molar-refractivity contribution >= 4 is 16.8 Å². The van der Waals surface area contributed by atoms with E-state index in [1.54, 1.807) is 12.3 Å². The van der Waals surface area contributed by atoms with E-state index in [-0.39, 0.29) is 8.85 Å². The van der Waals surface area contributed by atoms with Crippen molar-refractivity contribution in [2.75, 3.05) is 5.32 Å². The van der Waals surface area contributed by atoms with Crippen LogP contribution in [0.25, 0.3) is 11.0 Å². The summed E-state index contributed by atoms with van der Waals surface area (Å²) in [5.41, 5.74) is 3.40. The lowest BCUT2D eigenvalue weighted by molar-refractivity contribution is 0.598. The van der Waals surface area contributed by atoms with E-state index in [0.717, 1.165) is 36.9 Å². The molecule has 0 aliphatic heterocycles. The summed E-state index contributed by atoms with van der Waals surface area (Å²) >= 11 is 0. The van der Waals surface area contributed by atoms with Gasteiger partial charge in [0.05, 0.1) is 6.20 Å². The summed E-state index contributed by atoms with van der Waals surface area (Å²) in [5.74, 6) is 1.12. The highest BCUT2D eigenvalue weighted by molar-refractivity contribution is 5.80. The Balaban J connectivity index is 0.00000150. The summed E-state index contributed by atoms with van der Waals surface area (Å²) in [6.45, 7) is 0. The number of anilines is 1. The third-order valence-electron chi connectivity index (χ3n) is 4.83. The highest BCUT2D eigenvalue weighted by Gasteiger charge is 2.11. The molecule has 1 aliphatic carbocycles. The van der Waals surface area contributed by atoms with E-state index in [1.165, 1.54) is 11.1 Å². The Bertz CT molecular complexity index is 1030. The maximum atomic E-state index is 8.95. The molecule has 2 aromatic heterocycles. The van der Waals surface area contributed by atoms with Crippen molar-refractivity contribution in [3.8, 4) is 6.07 Å². The van der Waals surface area contributed by atoms with Gasteiger partial charge in [-0.3, -0.25) is 0 Å². The highest BCUT2D eigenvalue weighted by Crippen LogP contribution is 2.23. The summed E-state index contributed by atoms with van der Waals surface area (Å²) in [6, 6.07) is 16.6. The molecule has 4 nitrogen and oxygen atoms in total. The van der Waals surface area contributed by atoms with E-state index in [1.807, 2.05) is 12.1 Å². The van der Waals surface area contributed by atoms with E-state index < -0.39 is 0 Å². The van der Waals surface area contributed by atoms with Crippen LogP contribution in [-0.4, -0.2) is 11.0 Å². The van der Waals surface area contributed by atoms with Gasteiger partial charge in [-0.2, -0.15) is 5.26 Å². The predicted molar refractivity (Wildman–Crippen MR) is 116 cm³/mol. The van der Waals surface area contributed by atoms with Gasteiger partial charge in [0.15, 0.2) is 5.58 Å². The van der Waals surface area contributed by atoms with Gasteiger partial charge in [-0.25, -0.2) is 4.98 Å². The Kier molecular flexibility index (Phi) is 6.29. The molecule has 4 rings (SSSR count). The van der Waals surface area contributed by atoms with Crippen LogP contribution in [0.2, 0.25) is 0 Å².